The van der Waals surface area contributed by atoms with Gasteiger partial charge in [-0.15, -0.1) is 0 Å². The van der Waals surface area contributed by atoms with Crippen molar-refractivity contribution in [1.29, 1.82) is 0 Å². The molecule has 2 fully saturated rings. The third-order valence-corrected chi connectivity index (χ3v) is 3.88. The predicted molar refractivity (Wildman–Crippen MR) is 58.1 cm³/mol. The Morgan fingerprint density at radius 2 is 2.00 bits per heavy atom. The van der Waals surface area contributed by atoms with E-state index in [4.69, 9.17) is 0 Å². The van der Waals surface area contributed by atoms with Gasteiger partial charge in [-0.1, -0.05) is 32.6 Å². The third kappa shape index (κ3) is 2.59. The highest BCUT2D eigenvalue weighted by Gasteiger charge is 2.33. The Kier molecular flexibility index (Phi) is 3.25. The number of hydrogen-bond donors (Lipinski definition) is 0. The van der Waals surface area contributed by atoms with Crippen LogP contribution in [0.25, 0.3) is 0 Å². The van der Waals surface area contributed by atoms with Crippen LogP contribution in [0, 0.1) is 17.8 Å². The highest BCUT2D eigenvalue weighted by molar-refractivity contribution is 5.81. The first-order valence-corrected chi connectivity index (χ1v) is 6.32. The van der Waals surface area contributed by atoms with Crippen molar-refractivity contribution in [3.05, 3.63) is 0 Å². The van der Waals surface area contributed by atoms with Gasteiger partial charge in [0.2, 0.25) is 0 Å². The molecule has 1 heteroatoms. The van der Waals surface area contributed by atoms with Crippen LogP contribution in [0.5, 0.6) is 0 Å². The number of carbonyl (C=O) groups excluding carboxylic acids is 1. The molecule has 1 nitrogen and oxygen atoms in total. The molecule has 14 heavy (non-hydrogen) atoms. The molecular formula is C13H22O. The maximum atomic E-state index is 11.7. The van der Waals surface area contributed by atoms with Crippen LogP contribution in [0.4, 0.5) is 0 Å². The molecule has 0 spiro atoms. The van der Waals surface area contributed by atoms with Gasteiger partial charge in [0.1, 0.15) is 5.78 Å². The van der Waals surface area contributed by atoms with E-state index < -0.39 is 0 Å². The molecule has 2 rings (SSSR count). The molecule has 0 bridgehead atoms. The Hall–Kier alpha value is -0.330. The second-order valence-corrected chi connectivity index (χ2v) is 5.27. The van der Waals surface area contributed by atoms with Crippen LogP contribution < -0.4 is 0 Å². The van der Waals surface area contributed by atoms with Gasteiger partial charge in [-0.05, 0) is 31.1 Å². The fourth-order valence-electron chi connectivity index (χ4n) is 2.86. The van der Waals surface area contributed by atoms with Gasteiger partial charge in [0, 0.05) is 12.3 Å². The van der Waals surface area contributed by atoms with E-state index in [2.05, 4.69) is 6.92 Å². The number of Topliss-reactive ketones (excluding diaryl/α,β-unsaturated/α-hetero) is 1. The summed E-state index contributed by atoms with van der Waals surface area (Å²) in [7, 11) is 0. The van der Waals surface area contributed by atoms with Crippen LogP contribution >= 0.6 is 0 Å². The predicted octanol–water partition coefficient (Wildman–Crippen LogP) is 3.57. The fraction of sp³-hybridized carbons (Fsp3) is 0.923. The number of carbonyl (C=O) groups is 1. The van der Waals surface area contributed by atoms with Gasteiger partial charge in [-0.25, -0.2) is 0 Å². The third-order valence-electron chi connectivity index (χ3n) is 3.88. The van der Waals surface area contributed by atoms with E-state index >= 15 is 0 Å². The van der Waals surface area contributed by atoms with E-state index in [1.807, 2.05) is 0 Å². The quantitative estimate of drug-likeness (QED) is 0.668. The highest BCUT2D eigenvalue weighted by Crippen LogP contribution is 2.40. The summed E-state index contributed by atoms with van der Waals surface area (Å²) in [6, 6.07) is 0. The summed E-state index contributed by atoms with van der Waals surface area (Å²) in [5.41, 5.74) is 0. The smallest absolute Gasteiger partial charge is 0.136 e. The molecule has 0 N–H and O–H groups in total. The average Bonchev–Trinajstić information content (AvgIpc) is 2.95. The summed E-state index contributed by atoms with van der Waals surface area (Å²) in [4.78, 5) is 11.7. The lowest BCUT2D eigenvalue weighted by Gasteiger charge is -2.27. The second-order valence-electron chi connectivity index (χ2n) is 5.27. The summed E-state index contributed by atoms with van der Waals surface area (Å²) < 4.78 is 0. The van der Waals surface area contributed by atoms with Crippen molar-refractivity contribution >= 4 is 5.78 Å². The standard InChI is InChI=1S/C13H22O/c1-2-3-10-6-7-13(14)12(8-10)9-11-4-5-11/h10-12H,2-9H2,1H3. The van der Waals surface area contributed by atoms with E-state index in [0.29, 0.717) is 11.7 Å². The number of ketones is 1. The van der Waals surface area contributed by atoms with Crippen molar-refractivity contribution in [2.75, 3.05) is 0 Å². The molecule has 2 aliphatic rings. The largest absolute Gasteiger partial charge is 0.299 e. The van der Waals surface area contributed by atoms with E-state index in [9.17, 15) is 4.79 Å². The van der Waals surface area contributed by atoms with Gasteiger partial charge in [0.05, 0.1) is 0 Å². The van der Waals surface area contributed by atoms with Gasteiger partial charge in [-0.3, -0.25) is 4.79 Å². The Balaban J connectivity index is 1.82. The van der Waals surface area contributed by atoms with Crippen LogP contribution in [0.15, 0.2) is 0 Å². The molecule has 0 heterocycles. The van der Waals surface area contributed by atoms with Gasteiger partial charge in [0.15, 0.2) is 0 Å². The molecule has 2 aliphatic carbocycles. The molecule has 2 saturated carbocycles. The Morgan fingerprint density at radius 1 is 1.21 bits per heavy atom. The molecule has 0 aromatic heterocycles. The second kappa shape index (κ2) is 4.46. The molecule has 0 aliphatic heterocycles. The Labute approximate surface area is 87.3 Å². The maximum absolute atomic E-state index is 11.7. The lowest BCUT2D eigenvalue weighted by atomic mass is 9.76. The SMILES string of the molecule is CCCC1CCC(=O)C(CC2CC2)C1. The van der Waals surface area contributed by atoms with Crippen LogP contribution in [-0.4, -0.2) is 5.78 Å². The first kappa shape index (κ1) is 10.2. The lowest BCUT2D eigenvalue weighted by Crippen LogP contribution is -2.25. The van der Waals surface area contributed by atoms with Crippen molar-refractivity contribution in [2.24, 2.45) is 17.8 Å². The monoisotopic (exact) mass is 194 g/mol. The number of hydrogen-bond acceptors (Lipinski definition) is 1. The first-order valence-electron chi connectivity index (χ1n) is 6.32. The van der Waals surface area contributed by atoms with Gasteiger partial charge < -0.3 is 0 Å². The molecular weight excluding hydrogens is 172 g/mol. The fourth-order valence-corrected chi connectivity index (χ4v) is 2.86. The minimum absolute atomic E-state index is 0.452. The summed E-state index contributed by atoms with van der Waals surface area (Å²) in [5, 5.41) is 0. The van der Waals surface area contributed by atoms with Crippen LogP contribution in [0.3, 0.4) is 0 Å². The molecule has 0 radical (unpaired) electrons. The van der Waals surface area contributed by atoms with Gasteiger partial charge in [-0.2, -0.15) is 0 Å². The zero-order valence-corrected chi connectivity index (χ0v) is 9.30. The Morgan fingerprint density at radius 3 is 2.64 bits per heavy atom. The van der Waals surface area contributed by atoms with Crippen LogP contribution in [-0.2, 0) is 4.79 Å². The molecule has 0 aromatic carbocycles. The minimum atomic E-state index is 0.452. The first-order chi connectivity index (χ1) is 6.79. The molecule has 2 atom stereocenters. The molecule has 80 valence electrons. The summed E-state index contributed by atoms with van der Waals surface area (Å²) >= 11 is 0. The number of rotatable bonds is 4. The Bertz CT molecular complexity index is 205. The minimum Gasteiger partial charge on any atom is -0.299 e. The zero-order valence-electron chi connectivity index (χ0n) is 9.30. The van der Waals surface area contributed by atoms with Crippen molar-refractivity contribution in [2.45, 2.75) is 58.3 Å². The van der Waals surface area contributed by atoms with Gasteiger partial charge >= 0.3 is 0 Å². The van der Waals surface area contributed by atoms with Crippen LogP contribution in [0.1, 0.15) is 58.3 Å². The van der Waals surface area contributed by atoms with E-state index in [-0.39, 0.29) is 0 Å². The normalized spacial score (nSPS) is 33.4. The molecule has 0 aromatic rings. The zero-order chi connectivity index (χ0) is 9.97. The molecule has 0 saturated heterocycles. The van der Waals surface area contributed by atoms with E-state index in [1.165, 1.54) is 44.9 Å². The summed E-state index contributed by atoms with van der Waals surface area (Å²) in [6.07, 6.45) is 9.89. The lowest BCUT2D eigenvalue weighted by molar-refractivity contribution is -0.126. The van der Waals surface area contributed by atoms with Crippen molar-refractivity contribution in [3.63, 3.8) is 0 Å². The topological polar surface area (TPSA) is 17.1 Å². The molecule has 2 unspecified atom stereocenters. The van der Waals surface area contributed by atoms with Crippen molar-refractivity contribution in [3.8, 4) is 0 Å². The summed E-state index contributed by atoms with van der Waals surface area (Å²) in [6.45, 7) is 2.26. The van der Waals surface area contributed by atoms with Gasteiger partial charge in [0.25, 0.3) is 0 Å². The summed E-state index contributed by atoms with van der Waals surface area (Å²) in [5.74, 6) is 2.81. The average molecular weight is 194 g/mol. The van der Waals surface area contributed by atoms with Crippen LogP contribution in [0.2, 0.25) is 0 Å². The van der Waals surface area contributed by atoms with E-state index in [1.54, 1.807) is 0 Å². The highest BCUT2D eigenvalue weighted by atomic mass is 16.1. The van der Waals surface area contributed by atoms with E-state index in [0.717, 1.165) is 18.3 Å². The molecule has 0 amide bonds. The van der Waals surface area contributed by atoms with Crippen molar-refractivity contribution < 1.29 is 4.79 Å². The van der Waals surface area contributed by atoms with Crippen molar-refractivity contribution in [1.82, 2.24) is 0 Å². The maximum Gasteiger partial charge on any atom is 0.136 e.